The summed E-state index contributed by atoms with van der Waals surface area (Å²) in [6, 6.07) is 4.18. The Kier molecular flexibility index (Phi) is 8.46. The van der Waals surface area contributed by atoms with E-state index in [0.29, 0.717) is 44.6 Å². The predicted octanol–water partition coefficient (Wildman–Crippen LogP) is 3.34. The van der Waals surface area contributed by atoms with Crippen LogP contribution in [0.5, 0.6) is 0 Å². The van der Waals surface area contributed by atoms with E-state index in [1.54, 1.807) is 16.2 Å². The lowest BCUT2D eigenvalue weighted by Crippen LogP contribution is -2.53. The van der Waals surface area contributed by atoms with Crippen molar-refractivity contribution in [1.29, 1.82) is 0 Å². The molecule has 0 aromatic carbocycles. The largest absolute Gasteiger partial charge is 0.444 e. The number of halogens is 1. The van der Waals surface area contributed by atoms with Crippen LogP contribution in [0.1, 0.15) is 38.5 Å². The van der Waals surface area contributed by atoms with E-state index in [-0.39, 0.29) is 30.1 Å². The Bertz CT molecular complexity index is 564. The Morgan fingerprint density at radius 2 is 1.92 bits per heavy atom. The molecule has 8 heteroatoms. The maximum absolute atomic E-state index is 12.1. The van der Waals surface area contributed by atoms with Crippen molar-refractivity contribution in [3.05, 3.63) is 22.4 Å². The Morgan fingerprint density at radius 3 is 2.44 bits per heavy atom. The van der Waals surface area contributed by atoms with Crippen LogP contribution in [0, 0.1) is 0 Å². The van der Waals surface area contributed by atoms with Crippen LogP contribution in [0.3, 0.4) is 0 Å². The lowest BCUT2D eigenvalue weighted by Gasteiger charge is -2.36. The predicted molar refractivity (Wildman–Crippen MR) is 114 cm³/mol. The highest BCUT2D eigenvalue weighted by Gasteiger charge is 2.26. The van der Waals surface area contributed by atoms with Crippen LogP contribution in [0.4, 0.5) is 4.79 Å². The van der Waals surface area contributed by atoms with Crippen LogP contribution in [0.2, 0.25) is 0 Å². The molecule has 0 saturated carbocycles. The number of hydrogen-bond donors (Lipinski definition) is 1. The molecule has 1 saturated heterocycles. The second-order valence-corrected chi connectivity index (χ2v) is 8.05. The minimum absolute atomic E-state index is 0. The van der Waals surface area contributed by atoms with Gasteiger partial charge in [-0.2, -0.15) is 0 Å². The molecule has 2 rings (SSSR count). The third-order valence-corrected chi connectivity index (χ3v) is 4.92. The molecular formula is C17H29IN4O2S. The summed E-state index contributed by atoms with van der Waals surface area (Å²) in [5.41, 5.74) is 5.65. The van der Waals surface area contributed by atoms with Crippen LogP contribution in [-0.4, -0.2) is 60.2 Å². The van der Waals surface area contributed by atoms with Crippen LogP contribution in [0.25, 0.3) is 0 Å². The molecule has 1 fully saturated rings. The summed E-state index contributed by atoms with van der Waals surface area (Å²) in [6.45, 7) is 11.0. The van der Waals surface area contributed by atoms with E-state index >= 15 is 0 Å². The summed E-state index contributed by atoms with van der Waals surface area (Å²) in [4.78, 5) is 21.7. The van der Waals surface area contributed by atoms with E-state index in [1.165, 1.54) is 4.88 Å². The van der Waals surface area contributed by atoms with Crippen molar-refractivity contribution in [2.45, 2.75) is 39.2 Å². The lowest BCUT2D eigenvalue weighted by atomic mass is 10.1. The van der Waals surface area contributed by atoms with Gasteiger partial charge in [-0.1, -0.05) is 13.0 Å². The quantitative estimate of drug-likeness (QED) is 0.409. The molecule has 1 aromatic heterocycles. The first-order chi connectivity index (χ1) is 11.3. The molecule has 0 bridgehead atoms. The van der Waals surface area contributed by atoms with Gasteiger partial charge in [-0.05, 0) is 32.2 Å². The number of amides is 1. The molecule has 6 nitrogen and oxygen atoms in total. The standard InChI is InChI=1S/C17H28N4O2S.HI/c1-13(14-6-5-11-24-14)12-19-15(18)20-7-9-21(10-8-20)16(22)23-17(2,3)4;/h5-6,11,13H,7-10,12H2,1-4H3,(H2,18,19);1H. The van der Waals surface area contributed by atoms with E-state index < -0.39 is 5.60 Å². The van der Waals surface area contributed by atoms with E-state index in [0.717, 1.165) is 0 Å². The molecule has 25 heavy (non-hydrogen) atoms. The zero-order valence-electron chi connectivity index (χ0n) is 15.4. The molecule has 2 heterocycles. The maximum atomic E-state index is 12.1. The minimum Gasteiger partial charge on any atom is -0.444 e. The molecule has 1 amide bonds. The van der Waals surface area contributed by atoms with Gasteiger partial charge in [-0.15, -0.1) is 35.3 Å². The highest BCUT2D eigenvalue weighted by Crippen LogP contribution is 2.20. The fraction of sp³-hybridized carbons (Fsp3) is 0.647. The SMILES string of the molecule is CC(CN=C(N)N1CCN(C(=O)OC(C)(C)C)CC1)c1cccs1.I. The monoisotopic (exact) mass is 480 g/mol. The summed E-state index contributed by atoms with van der Waals surface area (Å²) in [7, 11) is 0. The molecular weight excluding hydrogens is 451 g/mol. The number of nitrogens with two attached hydrogens (primary N) is 1. The number of hydrogen-bond acceptors (Lipinski definition) is 4. The highest BCUT2D eigenvalue weighted by molar-refractivity contribution is 14.0. The highest BCUT2D eigenvalue weighted by atomic mass is 127. The van der Waals surface area contributed by atoms with Crippen molar-refractivity contribution in [1.82, 2.24) is 9.80 Å². The fourth-order valence-corrected chi connectivity index (χ4v) is 3.21. The summed E-state index contributed by atoms with van der Waals surface area (Å²) in [6.07, 6.45) is -0.260. The number of rotatable bonds is 3. The second kappa shape index (κ2) is 9.61. The Hall–Kier alpha value is -1.03. The molecule has 0 radical (unpaired) electrons. The van der Waals surface area contributed by atoms with E-state index in [9.17, 15) is 4.79 Å². The van der Waals surface area contributed by atoms with Crippen molar-refractivity contribution in [2.75, 3.05) is 32.7 Å². The zero-order chi connectivity index (χ0) is 17.7. The van der Waals surface area contributed by atoms with Gasteiger partial charge < -0.3 is 20.3 Å². The summed E-state index contributed by atoms with van der Waals surface area (Å²) in [5, 5.41) is 2.08. The number of carbonyl (C=O) groups excluding carboxylic acids is 1. The first kappa shape index (κ1) is 22.0. The van der Waals surface area contributed by atoms with E-state index in [4.69, 9.17) is 10.5 Å². The Morgan fingerprint density at radius 1 is 1.32 bits per heavy atom. The molecule has 1 aliphatic rings. The van der Waals surface area contributed by atoms with Gasteiger partial charge in [0.15, 0.2) is 5.96 Å². The number of thiophene rings is 1. The van der Waals surface area contributed by atoms with Crippen LogP contribution < -0.4 is 5.73 Å². The lowest BCUT2D eigenvalue weighted by molar-refractivity contribution is 0.0186. The molecule has 0 aliphatic carbocycles. The van der Waals surface area contributed by atoms with Gasteiger partial charge in [0.1, 0.15) is 5.60 Å². The molecule has 1 aromatic rings. The van der Waals surface area contributed by atoms with E-state index in [1.807, 2.05) is 25.7 Å². The van der Waals surface area contributed by atoms with E-state index in [2.05, 4.69) is 29.4 Å². The number of nitrogens with zero attached hydrogens (tertiary/aromatic N) is 3. The minimum atomic E-state index is -0.466. The third-order valence-electron chi connectivity index (χ3n) is 3.81. The maximum Gasteiger partial charge on any atom is 0.410 e. The number of ether oxygens (including phenoxy) is 1. The van der Waals surface area contributed by atoms with Gasteiger partial charge in [0.25, 0.3) is 0 Å². The molecule has 2 N–H and O–H groups in total. The Balaban J connectivity index is 0.00000312. The van der Waals surface area contributed by atoms with Crippen molar-refractivity contribution < 1.29 is 9.53 Å². The van der Waals surface area contributed by atoms with Gasteiger partial charge >= 0.3 is 6.09 Å². The molecule has 1 unspecified atom stereocenters. The number of carbonyl (C=O) groups is 1. The van der Waals surface area contributed by atoms with Crippen LogP contribution in [-0.2, 0) is 4.74 Å². The first-order valence-corrected chi connectivity index (χ1v) is 9.20. The van der Waals surface area contributed by atoms with Crippen molar-refractivity contribution in [3.8, 4) is 0 Å². The smallest absolute Gasteiger partial charge is 0.410 e. The van der Waals surface area contributed by atoms with Crippen LogP contribution >= 0.6 is 35.3 Å². The van der Waals surface area contributed by atoms with Gasteiger partial charge in [-0.25, -0.2) is 4.79 Å². The second-order valence-electron chi connectivity index (χ2n) is 7.07. The fourth-order valence-electron chi connectivity index (χ4n) is 2.44. The van der Waals surface area contributed by atoms with Crippen LogP contribution in [0.15, 0.2) is 22.5 Å². The molecule has 1 aliphatic heterocycles. The summed E-state index contributed by atoms with van der Waals surface area (Å²) >= 11 is 1.74. The topological polar surface area (TPSA) is 71.2 Å². The average Bonchev–Trinajstić information content (AvgIpc) is 3.05. The van der Waals surface area contributed by atoms with Gasteiger partial charge in [0, 0.05) is 37.0 Å². The van der Waals surface area contributed by atoms with Gasteiger partial charge in [0.05, 0.1) is 6.54 Å². The molecule has 1 atom stereocenters. The third kappa shape index (κ3) is 7.01. The summed E-state index contributed by atoms with van der Waals surface area (Å²) < 4.78 is 5.40. The van der Waals surface area contributed by atoms with Gasteiger partial charge in [0.2, 0.25) is 0 Å². The first-order valence-electron chi connectivity index (χ1n) is 8.32. The molecule has 142 valence electrons. The van der Waals surface area contributed by atoms with Crippen molar-refractivity contribution in [3.63, 3.8) is 0 Å². The average molecular weight is 480 g/mol. The van der Waals surface area contributed by atoms with Gasteiger partial charge in [-0.3, -0.25) is 4.99 Å². The molecule has 0 spiro atoms. The Labute approximate surface area is 171 Å². The normalized spacial score (nSPS) is 17.0. The zero-order valence-corrected chi connectivity index (χ0v) is 18.5. The number of aliphatic imine (C=N–C) groups is 1. The van der Waals surface area contributed by atoms with Crippen molar-refractivity contribution >= 4 is 47.4 Å². The number of guanidine groups is 1. The summed E-state index contributed by atoms with van der Waals surface area (Å²) in [5.74, 6) is 0.925. The number of piperazine rings is 1. The van der Waals surface area contributed by atoms with Crippen molar-refractivity contribution in [2.24, 2.45) is 10.7 Å².